The topological polar surface area (TPSA) is 102 Å². The van der Waals surface area contributed by atoms with Crippen molar-refractivity contribution in [3.8, 4) is 0 Å². The Morgan fingerprint density at radius 3 is 2.74 bits per heavy atom. The number of carbonyl (C=O) groups is 4. The zero-order valence-electron chi connectivity index (χ0n) is 15.7. The Balaban J connectivity index is 2.28. The monoisotopic (exact) mass is 400 g/mol. The SMILES string of the molecule is C=CC(=O)OCCOC(=O)CCSCC(CC(C)NC=O)N1CCCC1=O. The van der Waals surface area contributed by atoms with Crippen LogP contribution in [0.2, 0.25) is 0 Å². The first-order valence-corrected chi connectivity index (χ1v) is 10.1. The number of amides is 2. The number of carbonyl (C=O) groups excluding carboxylic acids is 4. The zero-order chi connectivity index (χ0) is 20.1. The summed E-state index contributed by atoms with van der Waals surface area (Å²) in [5.74, 6) is 0.497. The Morgan fingerprint density at radius 2 is 2.11 bits per heavy atom. The van der Waals surface area contributed by atoms with Crippen molar-refractivity contribution in [2.45, 2.75) is 44.7 Å². The molecule has 0 aromatic heterocycles. The maximum atomic E-state index is 12.0. The molecule has 0 bridgehead atoms. The van der Waals surface area contributed by atoms with Crippen LogP contribution in [0.5, 0.6) is 0 Å². The summed E-state index contributed by atoms with van der Waals surface area (Å²) in [4.78, 5) is 47.0. The molecule has 2 atom stereocenters. The number of thioether (sulfide) groups is 1. The van der Waals surface area contributed by atoms with Gasteiger partial charge in [0.15, 0.2) is 0 Å². The minimum atomic E-state index is -0.553. The molecule has 9 heteroatoms. The van der Waals surface area contributed by atoms with Gasteiger partial charge in [-0.05, 0) is 19.8 Å². The number of esters is 2. The minimum absolute atomic E-state index is 0.00447. The maximum Gasteiger partial charge on any atom is 0.330 e. The van der Waals surface area contributed by atoms with Crippen molar-refractivity contribution in [3.63, 3.8) is 0 Å². The molecule has 0 spiro atoms. The Bertz CT molecular complexity index is 528. The van der Waals surface area contributed by atoms with E-state index in [9.17, 15) is 19.2 Å². The fourth-order valence-electron chi connectivity index (χ4n) is 2.74. The van der Waals surface area contributed by atoms with Crippen molar-refractivity contribution < 1.29 is 28.7 Å². The Kier molecular flexibility index (Phi) is 11.2. The van der Waals surface area contributed by atoms with Crippen molar-refractivity contribution in [2.24, 2.45) is 0 Å². The van der Waals surface area contributed by atoms with Crippen molar-refractivity contribution in [1.82, 2.24) is 10.2 Å². The molecule has 2 amide bonds. The van der Waals surface area contributed by atoms with Crippen LogP contribution in [0, 0.1) is 0 Å². The van der Waals surface area contributed by atoms with E-state index < -0.39 is 5.97 Å². The summed E-state index contributed by atoms with van der Waals surface area (Å²) >= 11 is 1.58. The van der Waals surface area contributed by atoms with Gasteiger partial charge in [0.2, 0.25) is 12.3 Å². The van der Waals surface area contributed by atoms with Crippen LogP contribution in [0.4, 0.5) is 0 Å². The quantitative estimate of drug-likeness (QED) is 0.200. The van der Waals surface area contributed by atoms with Gasteiger partial charge in [0.05, 0.1) is 6.42 Å². The van der Waals surface area contributed by atoms with Crippen molar-refractivity contribution >= 4 is 36.0 Å². The van der Waals surface area contributed by atoms with Crippen LogP contribution in [-0.4, -0.2) is 72.5 Å². The first-order chi connectivity index (χ1) is 13.0. The molecule has 0 aliphatic carbocycles. The molecule has 0 aromatic carbocycles. The van der Waals surface area contributed by atoms with Gasteiger partial charge in [0, 0.05) is 42.6 Å². The average Bonchev–Trinajstić information content (AvgIpc) is 3.07. The summed E-state index contributed by atoms with van der Waals surface area (Å²) in [6.07, 6.45) is 4.06. The van der Waals surface area contributed by atoms with Gasteiger partial charge in [0.25, 0.3) is 0 Å². The molecule has 1 N–H and O–H groups in total. The van der Waals surface area contributed by atoms with Gasteiger partial charge in [0.1, 0.15) is 13.2 Å². The zero-order valence-corrected chi connectivity index (χ0v) is 16.5. The Labute approximate surface area is 164 Å². The number of hydrogen-bond acceptors (Lipinski definition) is 7. The second-order valence-electron chi connectivity index (χ2n) is 6.18. The fourth-order valence-corrected chi connectivity index (χ4v) is 3.80. The third kappa shape index (κ3) is 9.46. The molecule has 0 aromatic rings. The van der Waals surface area contributed by atoms with E-state index in [0.717, 1.165) is 19.0 Å². The predicted octanol–water partition coefficient (Wildman–Crippen LogP) is 0.898. The number of nitrogens with zero attached hydrogens (tertiary/aromatic N) is 1. The van der Waals surface area contributed by atoms with E-state index in [1.807, 2.05) is 11.8 Å². The standard InChI is InChI=1S/C18H28N2O6S/c1-3-17(23)25-8-9-26-18(24)6-10-27-12-15(11-14(2)19-13-21)20-7-4-5-16(20)22/h3,13-15H,1,4-12H2,2H3,(H,19,21). The van der Waals surface area contributed by atoms with Crippen LogP contribution >= 0.6 is 11.8 Å². The molecule has 1 aliphatic heterocycles. The number of nitrogens with one attached hydrogen (secondary N) is 1. The summed E-state index contributed by atoms with van der Waals surface area (Å²) < 4.78 is 9.70. The highest BCUT2D eigenvalue weighted by Gasteiger charge is 2.28. The van der Waals surface area contributed by atoms with Gasteiger partial charge >= 0.3 is 11.9 Å². The highest BCUT2D eigenvalue weighted by molar-refractivity contribution is 7.99. The largest absolute Gasteiger partial charge is 0.462 e. The van der Waals surface area contributed by atoms with Crippen molar-refractivity contribution in [3.05, 3.63) is 12.7 Å². The molecule has 27 heavy (non-hydrogen) atoms. The second kappa shape index (κ2) is 13.2. The third-order valence-corrected chi connectivity index (χ3v) is 5.16. The van der Waals surface area contributed by atoms with E-state index in [4.69, 9.17) is 9.47 Å². The maximum absolute atomic E-state index is 12.0. The van der Waals surface area contributed by atoms with Gasteiger partial charge in [-0.1, -0.05) is 6.58 Å². The number of likely N-dealkylation sites (tertiary alicyclic amines) is 1. The minimum Gasteiger partial charge on any atom is -0.462 e. The highest BCUT2D eigenvalue weighted by atomic mass is 32.2. The van der Waals surface area contributed by atoms with E-state index in [1.165, 1.54) is 0 Å². The Hall–Kier alpha value is -2.03. The molecule has 0 radical (unpaired) electrons. The van der Waals surface area contributed by atoms with Crippen LogP contribution < -0.4 is 5.32 Å². The fraction of sp³-hybridized carbons (Fsp3) is 0.667. The molecule has 1 heterocycles. The molecule has 1 saturated heterocycles. The van der Waals surface area contributed by atoms with Crippen molar-refractivity contribution in [2.75, 3.05) is 31.3 Å². The molecular weight excluding hydrogens is 372 g/mol. The Morgan fingerprint density at radius 1 is 1.37 bits per heavy atom. The number of rotatable bonds is 14. The number of hydrogen-bond donors (Lipinski definition) is 1. The van der Waals surface area contributed by atoms with Crippen LogP contribution in [-0.2, 0) is 28.7 Å². The van der Waals surface area contributed by atoms with Crippen molar-refractivity contribution in [1.29, 1.82) is 0 Å². The lowest BCUT2D eigenvalue weighted by molar-refractivity contribution is -0.149. The summed E-state index contributed by atoms with van der Waals surface area (Å²) in [6.45, 7) is 5.94. The predicted molar refractivity (Wildman–Crippen MR) is 102 cm³/mol. The van der Waals surface area contributed by atoms with Crippen LogP contribution in [0.25, 0.3) is 0 Å². The molecule has 0 saturated carbocycles. The first kappa shape index (κ1) is 23.0. The summed E-state index contributed by atoms with van der Waals surface area (Å²) in [6, 6.07) is 0.00604. The van der Waals surface area contributed by atoms with Gasteiger partial charge in [-0.25, -0.2) is 4.79 Å². The lowest BCUT2D eigenvalue weighted by Crippen LogP contribution is -2.42. The van der Waals surface area contributed by atoms with Gasteiger partial charge in [-0.15, -0.1) is 0 Å². The highest BCUT2D eigenvalue weighted by Crippen LogP contribution is 2.21. The smallest absolute Gasteiger partial charge is 0.330 e. The van der Waals surface area contributed by atoms with Crippen LogP contribution in [0.1, 0.15) is 32.6 Å². The van der Waals surface area contributed by atoms with E-state index in [1.54, 1.807) is 11.8 Å². The second-order valence-corrected chi connectivity index (χ2v) is 7.33. The number of ether oxygens (including phenoxy) is 2. The van der Waals surface area contributed by atoms with E-state index in [2.05, 4.69) is 11.9 Å². The van der Waals surface area contributed by atoms with Crippen LogP contribution in [0.3, 0.4) is 0 Å². The molecule has 1 aliphatic rings. The lowest BCUT2D eigenvalue weighted by atomic mass is 10.1. The molecule has 1 rings (SSSR count). The summed E-state index contributed by atoms with van der Waals surface area (Å²) in [7, 11) is 0. The van der Waals surface area contributed by atoms with Crippen LogP contribution in [0.15, 0.2) is 12.7 Å². The third-order valence-electron chi connectivity index (χ3n) is 4.05. The van der Waals surface area contributed by atoms with Gasteiger partial charge in [-0.3, -0.25) is 14.4 Å². The van der Waals surface area contributed by atoms with Gasteiger partial charge < -0.3 is 19.7 Å². The lowest BCUT2D eigenvalue weighted by Gasteiger charge is -2.29. The van der Waals surface area contributed by atoms with Gasteiger partial charge in [-0.2, -0.15) is 11.8 Å². The molecule has 152 valence electrons. The molecular formula is C18H28N2O6S. The summed E-state index contributed by atoms with van der Waals surface area (Å²) in [5, 5.41) is 2.72. The summed E-state index contributed by atoms with van der Waals surface area (Å²) in [5.41, 5.74) is 0. The van der Waals surface area contributed by atoms with E-state index >= 15 is 0 Å². The molecule has 1 fully saturated rings. The molecule has 2 unspecified atom stereocenters. The van der Waals surface area contributed by atoms with E-state index in [0.29, 0.717) is 30.8 Å². The van der Waals surface area contributed by atoms with E-state index in [-0.39, 0.29) is 43.6 Å². The first-order valence-electron chi connectivity index (χ1n) is 8.99. The molecule has 8 nitrogen and oxygen atoms in total. The normalized spacial score (nSPS) is 15.7. The average molecular weight is 400 g/mol.